The van der Waals surface area contributed by atoms with Crippen molar-refractivity contribution in [3.05, 3.63) is 107 Å². The second kappa shape index (κ2) is 34.0. The van der Waals surface area contributed by atoms with E-state index in [1.54, 1.807) is 31.3 Å². The fourth-order valence-electron chi connectivity index (χ4n) is 7.55. The fraction of sp³-hybridized carbons (Fsp3) is 0.453. The standard InChI is InChI=1S/C53H72N14O10/c1-3-39(9-8-37(2)54)41-12-16-46(60-32-41)67-21-4-6-38(18-22-67)7-5-23-73-24-19-57-33-44(66-56)36-77-31-30-76-29-28-75-27-26-74-25-20-58-47(68)17-15-45(52(71)72)63-50(69)40-10-13-42(14-11-40)59-34-43-35-61-49-48(62-43)51(70)65-53(55)64-49/h3,6,8-14,16,32-33,35,45,54,56-57,59H,4-5,7,15,17-31,34,36H2,1-2H3,(H,58,68)(H,63,69)(H,71,72)(H3,55,61,64,65,70)/b9-8-,39-3+,44-33-,54-37?,66-56?/t45-/m0/s1. The maximum Gasteiger partial charge on any atom is 0.326 e. The molecule has 2 amide bonds. The SMILES string of the molecule is C/C=C(\C=C/C(C)=N)c1ccc(N2CCC=C(CCCOCCN/C=C(/COCCOCCOCCOCCNC(=O)CC[C@H](NC(=O)c3ccc(NCc4cnc5nc(N)nc(O)c5n4)cc3)C(=O)O)N=N)CC2)nc1. The zero-order valence-electron chi connectivity index (χ0n) is 43.8. The molecular formula is C53H72N14O10. The Hall–Kier alpha value is -7.77. The molecule has 0 bridgehead atoms. The van der Waals surface area contributed by atoms with E-state index < -0.39 is 17.9 Å². The van der Waals surface area contributed by atoms with Crippen LogP contribution in [0, 0.1) is 10.9 Å². The van der Waals surface area contributed by atoms with E-state index in [0.717, 1.165) is 55.7 Å². The molecule has 10 N–H and O–H groups in total. The number of aromatic hydroxyl groups is 1. The molecule has 4 aromatic rings. The van der Waals surface area contributed by atoms with Gasteiger partial charge in [-0.15, -0.1) is 0 Å². The third-order valence-electron chi connectivity index (χ3n) is 11.6. The summed E-state index contributed by atoms with van der Waals surface area (Å²) in [6, 6.07) is 9.21. The van der Waals surface area contributed by atoms with Gasteiger partial charge in [0.05, 0.1) is 77.9 Å². The molecular weight excluding hydrogens is 993 g/mol. The molecule has 1 aliphatic heterocycles. The molecule has 1 aliphatic rings. The van der Waals surface area contributed by atoms with E-state index >= 15 is 0 Å². The number of aliphatic carboxylic acids is 1. The summed E-state index contributed by atoms with van der Waals surface area (Å²) < 4.78 is 28.0. The number of ether oxygens (including phenoxy) is 5. The molecule has 0 saturated carbocycles. The Morgan fingerprint density at radius 2 is 1.58 bits per heavy atom. The molecule has 0 saturated heterocycles. The van der Waals surface area contributed by atoms with Crippen LogP contribution < -0.4 is 31.9 Å². The Kier molecular flexibility index (Phi) is 26.5. The summed E-state index contributed by atoms with van der Waals surface area (Å²) in [5, 5.41) is 42.3. The molecule has 0 fully saturated rings. The van der Waals surface area contributed by atoms with Gasteiger partial charge in [0.15, 0.2) is 11.2 Å². The van der Waals surface area contributed by atoms with Gasteiger partial charge in [0.2, 0.25) is 17.7 Å². The van der Waals surface area contributed by atoms with Crippen molar-refractivity contribution in [1.29, 1.82) is 10.9 Å². The number of hydrogen-bond acceptors (Lipinski definition) is 21. The number of aromatic nitrogens is 5. The van der Waals surface area contributed by atoms with Gasteiger partial charge in [-0.05, 0) is 99.6 Å². The largest absolute Gasteiger partial charge is 0.492 e. The molecule has 5 rings (SSSR count). The average molecular weight is 1070 g/mol. The van der Waals surface area contributed by atoms with Crippen molar-refractivity contribution in [1.82, 2.24) is 40.9 Å². The summed E-state index contributed by atoms with van der Waals surface area (Å²) in [7, 11) is 0. The van der Waals surface area contributed by atoms with E-state index in [4.69, 9.17) is 45.3 Å². The minimum atomic E-state index is -1.29. The minimum absolute atomic E-state index is 0.105. The molecule has 4 heterocycles. The van der Waals surface area contributed by atoms with Crippen molar-refractivity contribution in [3.8, 4) is 5.88 Å². The normalized spacial score (nSPS) is 13.5. The van der Waals surface area contributed by atoms with Crippen LogP contribution in [0.25, 0.3) is 16.7 Å². The predicted molar refractivity (Wildman–Crippen MR) is 291 cm³/mol. The Balaban J connectivity index is 0.796. The summed E-state index contributed by atoms with van der Waals surface area (Å²) in [6.45, 7) is 10.2. The minimum Gasteiger partial charge on any atom is -0.492 e. The maximum absolute atomic E-state index is 12.8. The lowest BCUT2D eigenvalue weighted by Gasteiger charge is -2.22. The molecule has 414 valence electrons. The van der Waals surface area contributed by atoms with E-state index in [1.807, 2.05) is 25.3 Å². The molecule has 24 nitrogen and oxygen atoms in total. The summed E-state index contributed by atoms with van der Waals surface area (Å²) in [5.41, 5.74) is 19.1. The maximum atomic E-state index is 12.8. The number of amides is 2. The molecule has 77 heavy (non-hydrogen) atoms. The third kappa shape index (κ3) is 22.5. The van der Waals surface area contributed by atoms with E-state index in [0.29, 0.717) is 82.2 Å². The van der Waals surface area contributed by atoms with Crippen LogP contribution in [-0.2, 0) is 39.8 Å². The van der Waals surface area contributed by atoms with Crippen LogP contribution in [0.15, 0.2) is 95.7 Å². The molecule has 0 spiro atoms. The third-order valence-corrected chi connectivity index (χ3v) is 11.6. The number of fused-ring (bicyclic) bond motifs is 1. The highest BCUT2D eigenvalue weighted by Crippen LogP contribution is 2.23. The van der Waals surface area contributed by atoms with Gasteiger partial charge < -0.3 is 71.2 Å². The van der Waals surface area contributed by atoms with E-state index in [1.165, 1.54) is 23.9 Å². The molecule has 1 atom stereocenters. The Bertz CT molecular complexity index is 2650. The molecule has 3 aromatic heterocycles. The smallest absolute Gasteiger partial charge is 0.326 e. The first kappa shape index (κ1) is 60.1. The van der Waals surface area contributed by atoms with Crippen LogP contribution in [0.2, 0.25) is 0 Å². The number of pyridine rings is 1. The van der Waals surface area contributed by atoms with E-state index in [9.17, 15) is 24.6 Å². The van der Waals surface area contributed by atoms with Crippen LogP contribution in [0.3, 0.4) is 0 Å². The van der Waals surface area contributed by atoms with Gasteiger partial charge in [-0.25, -0.2) is 25.3 Å². The highest BCUT2D eigenvalue weighted by atomic mass is 16.6. The lowest BCUT2D eigenvalue weighted by atomic mass is 10.1. The van der Waals surface area contributed by atoms with Gasteiger partial charge >= 0.3 is 5.97 Å². The number of benzene rings is 1. The first-order valence-electron chi connectivity index (χ1n) is 25.5. The van der Waals surface area contributed by atoms with Crippen molar-refractivity contribution in [2.75, 3.05) is 108 Å². The molecule has 0 radical (unpaired) electrons. The second-order valence-corrected chi connectivity index (χ2v) is 17.5. The van der Waals surface area contributed by atoms with E-state index in [-0.39, 0.29) is 73.6 Å². The summed E-state index contributed by atoms with van der Waals surface area (Å²) in [6.07, 6.45) is 16.8. The Morgan fingerprint density at radius 3 is 2.29 bits per heavy atom. The van der Waals surface area contributed by atoms with E-state index in [2.05, 4.69) is 69.4 Å². The lowest BCUT2D eigenvalue weighted by Crippen LogP contribution is -2.41. The van der Waals surface area contributed by atoms with Crippen molar-refractivity contribution >= 4 is 57.7 Å². The fourth-order valence-corrected chi connectivity index (χ4v) is 7.55. The van der Waals surface area contributed by atoms with Gasteiger partial charge in [0, 0.05) is 68.6 Å². The molecule has 0 unspecified atom stereocenters. The molecule has 24 heteroatoms. The number of carbonyl (C=O) groups excluding carboxylic acids is 2. The van der Waals surface area contributed by atoms with Crippen molar-refractivity contribution in [2.24, 2.45) is 5.11 Å². The first-order valence-corrected chi connectivity index (χ1v) is 25.5. The summed E-state index contributed by atoms with van der Waals surface area (Å²) in [4.78, 5) is 60.2. The number of nitrogens with two attached hydrogens (primary N) is 1. The lowest BCUT2D eigenvalue weighted by molar-refractivity contribution is -0.139. The number of carboxylic acid groups (broad SMARTS) is 1. The summed E-state index contributed by atoms with van der Waals surface area (Å²) in [5.74, 6) is -1.79. The monoisotopic (exact) mass is 1060 g/mol. The van der Waals surface area contributed by atoms with Gasteiger partial charge in [0.25, 0.3) is 5.91 Å². The summed E-state index contributed by atoms with van der Waals surface area (Å²) >= 11 is 0. The predicted octanol–water partition coefficient (Wildman–Crippen LogP) is 5.35. The van der Waals surface area contributed by atoms with Crippen molar-refractivity contribution < 1.29 is 48.3 Å². The second-order valence-electron chi connectivity index (χ2n) is 17.5. The number of hydrogen-bond donors (Lipinski definition) is 9. The van der Waals surface area contributed by atoms with Gasteiger partial charge in [0.1, 0.15) is 17.6 Å². The van der Waals surface area contributed by atoms with Crippen LogP contribution in [0.1, 0.15) is 74.0 Å². The van der Waals surface area contributed by atoms with Crippen LogP contribution in [0.4, 0.5) is 17.5 Å². The van der Waals surface area contributed by atoms with Gasteiger partial charge in [-0.1, -0.05) is 23.8 Å². The number of nitrogens with one attached hydrogen (secondary N) is 6. The van der Waals surface area contributed by atoms with Crippen LogP contribution in [-0.4, -0.2) is 157 Å². The number of carbonyl (C=O) groups is 3. The number of nitrogen functional groups attached to an aromatic ring is 1. The zero-order valence-corrected chi connectivity index (χ0v) is 43.8. The highest BCUT2D eigenvalue weighted by molar-refractivity contribution is 5.97. The Morgan fingerprint density at radius 1 is 0.870 bits per heavy atom. The highest BCUT2D eigenvalue weighted by Gasteiger charge is 2.22. The number of nitrogens with zero attached hydrogens (tertiary/aromatic N) is 7. The number of allylic oxidation sites excluding steroid dienone is 4. The topological polar surface area (TPSA) is 340 Å². The van der Waals surface area contributed by atoms with Crippen LogP contribution in [0.5, 0.6) is 5.88 Å². The van der Waals surface area contributed by atoms with Crippen molar-refractivity contribution in [3.63, 3.8) is 0 Å². The van der Waals surface area contributed by atoms with Crippen LogP contribution >= 0.6 is 0 Å². The quantitative estimate of drug-likeness (QED) is 0.00911. The number of anilines is 3. The average Bonchev–Trinajstić information content (AvgIpc) is 3.68. The number of rotatable bonds is 36. The van der Waals surface area contributed by atoms with Gasteiger partial charge in [-0.3, -0.25) is 9.59 Å². The molecule has 0 aliphatic carbocycles. The molecule has 1 aromatic carbocycles. The first-order chi connectivity index (χ1) is 37.4. The Labute approximate surface area is 448 Å². The van der Waals surface area contributed by atoms with Crippen molar-refractivity contribution in [2.45, 2.75) is 65.0 Å². The van der Waals surface area contributed by atoms with Gasteiger partial charge in [-0.2, -0.15) is 15.1 Å². The number of carboxylic acids is 1. The zero-order chi connectivity index (χ0) is 55.0.